The van der Waals surface area contributed by atoms with E-state index in [0.717, 1.165) is 5.69 Å². The molecule has 0 spiro atoms. The molecule has 0 aliphatic carbocycles. The summed E-state index contributed by atoms with van der Waals surface area (Å²) in [6, 6.07) is 0. The zero-order valence-electron chi connectivity index (χ0n) is 6.97. The maximum Gasteiger partial charge on any atom is 0.290 e. The lowest BCUT2D eigenvalue weighted by Crippen LogP contribution is -2.11. The van der Waals surface area contributed by atoms with E-state index in [2.05, 4.69) is 35.6 Å². The highest BCUT2D eigenvalue weighted by atomic mass is 15.0. The monoisotopic (exact) mass is 149 g/mol. The fourth-order valence-electron chi connectivity index (χ4n) is 0.924. The van der Waals surface area contributed by atoms with Crippen molar-refractivity contribution in [3.05, 3.63) is 23.4 Å². The molecule has 11 heavy (non-hydrogen) atoms. The van der Waals surface area contributed by atoms with E-state index in [0.29, 0.717) is 5.82 Å². The normalized spacial score (nSPS) is 11.1. The fraction of sp³-hybridized carbons (Fsp3) is 0.500. The molecule has 0 atom stereocenters. The molecule has 0 aromatic carbocycles. The second-order valence-electron chi connectivity index (χ2n) is 3.46. The van der Waals surface area contributed by atoms with Gasteiger partial charge in [0.05, 0.1) is 0 Å². The number of nitrogens with one attached hydrogen (secondary N) is 1. The van der Waals surface area contributed by atoms with Crippen molar-refractivity contribution in [3.63, 3.8) is 0 Å². The Morgan fingerprint density at radius 2 is 2.18 bits per heavy atom. The van der Waals surface area contributed by atoms with Crippen LogP contribution in [0.4, 0.5) is 5.82 Å². The molecule has 0 unspecified atom stereocenters. The van der Waals surface area contributed by atoms with Gasteiger partial charge in [0.1, 0.15) is 0 Å². The fourth-order valence-corrected chi connectivity index (χ4v) is 0.924. The van der Waals surface area contributed by atoms with Gasteiger partial charge < -0.3 is 9.83 Å². The van der Waals surface area contributed by atoms with E-state index >= 15 is 0 Å². The van der Waals surface area contributed by atoms with Crippen LogP contribution >= 0.6 is 0 Å². The van der Waals surface area contributed by atoms with Gasteiger partial charge in [0, 0.05) is 5.69 Å². The summed E-state index contributed by atoms with van der Waals surface area (Å²) in [6.45, 7) is 13.0. The Morgan fingerprint density at radius 3 is 2.55 bits per heavy atom. The SMILES string of the molecule is [C-]#[N+]c1nc[nH]c1C(C)(C)C. The second-order valence-corrected chi connectivity index (χ2v) is 3.46. The van der Waals surface area contributed by atoms with Crippen LogP contribution in [0.25, 0.3) is 4.85 Å². The first-order chi connectivity index (χ1) is 5.05. The molecule has 3 nitrogen and oxygen atoms in total. The summed E-state index contributed by atoms with van der Waals surface area (Å²) >= 11 is 0. The number of imidazole rings is 1. The molecule has 0 amide bonds. The zero-order chi connectivity index (χ0) is 8.48. The van der Waals surface area contributed by atoms with Gasteiger partial charge >= 0.3 is 0 Å². The smallest absolute Gasteiger partial charge is 0.290 e. The summed E-state index contributed by atoms with van der Waals surface area (Å²) in [6.07, 6.45) is 1.56. The largest absolute Gasteiger partial charge is 0.359 e. The minimum atomic E-state index is -0.0175. The van der Waals surface area contributed by atoms with E-state index in [1.807, 2.05) is 0 Å². The van der Waals surface area contributed by atoms with Crippen molar-refractivity contribution in [1.82, 2.24) is 9.97 Å². The van der Waals surface area contributed by atoms with Gasteiger partial charge in [0.15, 0.2) is 6.33 Å². The third-order valence-electron chi connectivity index (χ3n) is 1.48. The van der Waals surface area contributed by atoms with Crippen LogP contribution in [0.15, 0.2) is 6.33 Å². The van der Waals surface area contributed by atoms with Gasteiger partial charge in [-0.15, -0.1) is 4.98 Å². The number of aromatic amines is 1. The van der Waals surface area contributed by atoms with Crippen LogP contribution < -0.4 is 0 Å². The molecule has 3 heteroatoms. The van der Waals surface area contributed by atoms with Crippen LogP contribution in [-0.2, 0) is 5.41 Å². The van der Waals surface area contributed by atoms with E-state index in [1.54, 1.807) is 6.33 Å². The molecule has 0 fully saturated rings. The van der Waals surface area contributed by atoms with Crippen LogP contribution in [0.2, 0.25) is 0 Å². The van der Waals surface area contributed by atoms with Crippen molar-refractivity contribution in [2.75, 3.05) is 0 Å². The number of nitrogens with zero attached hydrogens (tertiary/aromatic N) is 2. The summed E-state index contributed by atoms with van der Waals surface area (Å²) in [5, 5.41) is 0. The van der Waals surface area contributed by atoms with Crippen molar-refractivity contribution in [1.29, 1.82) is 0 Å². The Bertz CT molecular complexity index is 285. The molecular formula is C8H11N3. The molecule has 0 aliphatic heterocycles. The summed E-state index contributed by atoms with van der Waals surface area (Å²) in [7, 11) is 0. The lowest BCUT2D eigenvalue weighted by molar-refractivity contribution is 0.575. The molecule has 58 valence electrons. The van der Waals surface area contributed by atoms with Gasteiger partial charge in [-0.2, -0.15) is 0 Å². The van der Waals surface area contributed by atoms with Crippen molar-refractivity contribution in [2.45, 2.75) is 26.2 Å². The Hall–Kier alpha value is -1.30. The Labute approximate surface area is 66.3 Å². The average molecular weight is 149 g/mol. The number of aromatic nitrogens is 2. The minimum absolute atomic E-state index is 0.0175. The van der Waals surface area contributed by atoms with Crippen LogP contribution in [0.3, 0.4) is 0 Å². The van der Waals surface area contributed by atoms with E-state index < -0.39 is 0 Å². The number of H-pyrrole nitrogens is 1. The summed E-state index contributed by atoms with van der Waals surface area (Å²) in [5.41, 5.74) is 0.892. The highest BCUT2D eigenvalue weighted by Gasteiger charge is 2.19. The third kappa shape index (κ3) is 1.40. The molecule has 0 saturated carbocycles. The molecule has 0 bridgehead atoms. The molecule has 1 N–H and O–H groups in total. The predicted molar refractivity (Wildman–Crippen MR) is 43.5 cm³/mol. The highest BCUT2D eigenvalue weighted by molar-refractivity contribution is 5.44. The summed E-state index contributed by atoms with van der Waals surface area (Å²) < 4.78 is 0. The van der Waals surface area contributed by atoms with Crippen LogP contribution in [-0.4, -0.2) is 9.97 Å². The first-order valence-corrected chi connectivity index (χ1v) is 3.47. The van der Waals surface area contributed by atoms with Gasteiger partial charge in [-0.1, -0.05) is 27.3 Å². The maximum absolute atomic E-state index is 6.82. The molecule has 1 heterocycles. The summed E-state index contributed by atoms with van der Waals surface area (Å²) in [4.78, 5) is 10.2. The van der Waals surface area contributed by atoms with Crippen molar-refractivity contribution >= 4 is 5.82 Å². The molecule has 1 aromatic rings. The Balaban J connectivity index is 3.15. The number of rotatable bonds is 0. The number of hydrogen-bond acceptors (Lipinski definition) is 1. The molecule has 1 aromatic heterocycles. The first kappa shape index (κ1) is 7.80. The van der Waals surface area contributed by atoms with Gasteiger partial charge in [-0.05, 0) is 5.41 Å². The second kappa shape index (κ2) is 2.39. The average Bonchev–Trinajstić information content (AvgIpc) is 2.31. The third-order valence-corrected chi connectivity index (χ3v) is 1.48. The quantitative estimate of drug-likeness (QED) is 0.564. The van der Waals surface area contributed by atoms with Gasteiger partial charge in [0.2, 0.25) is 0 Å². The standard InChI is InChI=1S/C8H11N3/c1-8(2,3)6-7(9-4)11-5-10-6/h5H,1-3H3,(H,10,11). The summed E-state index contributed by atoms with van der Waals surface area (Å²) in [5.74, 6) is 0.484. The topological polar surface area (TPSA) is 33.0 Å². The van der Waals surface area contributed by atoms with E-state index in [4.69, 9.17) is 6.57 Å². The van der Waals surface area contributed by atoms with Gasteiger partial charge in [0.25, 0.3) is 5.82 Å². The Morgan fingerprint density at radius 1 is 1.55 bits per heavy atom. The van der Waals surface area contributed by atoms with Crippen LogP contribution in [0.5, 0.6) is 0 Å². The first-order valence-electron chi connectivity index (χ1n) is 3.47. The molecule has 1 rings (SSSR count). The maximum atomic E-state index is 6.82. The molecule has 0 saturated heterocycles. The molecular weight excluding hydrogens is 138 g/mol. The highest BCUT2D eigenvalue weighted by Crippen LogP contribution is 2.27. The van der Waals surface area contributed by atoms with Crippen LogP contribution in [0, 0.1) is 6.57 Å². The van der Waals surface area contributed by atoms with Crippen molar-refractivity contribution in [3.8, 4) is 0 Å². The minimum Gasteiger partial charge on any atom is -0.359 e. The van der Waals surface area contributed by atoms with Gasteiger partial charge in [-0.3, -0.25) is 0 Å². The van der Waals surface area contributed by atoms with E-state index in [9.17, 15) is 0 Å². The van der Waals surface area contributed by atoms with Crippen LogP contribution in [0.1, 0.15) is 26.5 Å². The van der Waals surface area contributed by atoms with E-state index in [-0.39, 0.29) is 5.41 Å². The van der Waals surface area contributed by atoms with E-state index in [1.165, 1.54) is 0 Å². The zero-order valence-corrected chi connectivity index (χ0v) is 6.97. The number of hydrogen-bond donors (Lipinski definition) is 1. The van der Waals surface area contributed by atoms with Crippen molar-refractivity contribution in [2.24, 2.45) is 0 Å². The van der Waals surface area contributed by atoms with Crippen molar-refractivity contribution < 1.29 is 0 Å². The lowest BCUT2D eigenvalue weighted by atomic mass is 9.92. The lowest BCUT2D eigenvalue weighted by Gasteiger charge is -2.16. The van der Waals surface area contributed by atoms with Gasteiger partial charge in [-0.25, -0.2) is 0 Å². The predicted octanol–water partition coefficient (Wildman–Crippen LogP) is 2.26. The molecule has 0 radical (unpaired) electrons. The Kier molecular flexibility index (Phi) is 1.69. The molecule has 0 aliphatic rings.